The van der Waals surface area contributed by atoms with Crippen molar-refractivity contribution >= 4 is 23.1 Å². The van der Waals surface area contributed by atoms with Crippen LogP contribution in [0.2, 0.25) is 0 Å². The minimum Gasteiger partial charge on any atom is -0.389 e. The van der Waals surface area contributed by atoms with E-state index in [1.54, 1.807) is 24.3 Å². The van der Waals surface area contributed by atoms with Crippen LogP contribution < -0.4 is 11.1 Å². The molecule has 0 atom stereocenters. The summed E-state index contributed by atoms with van der Waals surface area (Å²) in [5, 5.41) is 2.85. The summed E-state index contributed by atoms with van der Waals surface area (Å²) in [6, 6.07) is 6.99. The number of nitrogens with one attached hydrogen (secondary N) is 1. The van der Waals surface area contributed by atoms with Crippen LogP contribution in [-0.4, -0.2) is 17.4 Å². The van der Waals surface area contributed by atoms with E-state index in [4.69, 9.17) is 18.0 Å². The molecule has 0 aliphatic carbocycles. The predicted molar refractivity (Wildman–Crippen MR) is 69.6 cm³/mol. The van der Waals surface area contributed by atoms with Crippen LogP contribution in [0.4, 0.5) is 0 Å². The van der Waals surface area contributed by atoms with Gasteiger partial charge in [-0.3, -0.25) is 4.79 Å². The number of amides is 1. The van der Waals surface area contributed by atoms with Gasteiger partial charge in [-0.05, 0) is 18.6 Å². The van der Waals surface area contributed by atoms with E-state index in [9.17, 15) is 4.79 Å². The molecule has 3 nitrogen and oxygen atoms in total. The van der Waals surface area contributed by atoms with Crippen LogP contribution in [0.3, 0.4) is 0 Å². The number of hydrogen-bond donors (Lipinski definition) is 2. The van der Waals surface area contributed by atoms with E-state index in [0.29, 0.717) is 17.1 Å². The standard InChI is InChI=1S/C12H16N2OS/c1-2-3-8-14-12(15)10-6-4-9(5-7-10)11(13)16/h4-7H,2-3,8H2,1H3,(H2,13,16)(H,14,15). The monoisotopic (exact) mass is 236 g/mol. The Morgan fingerprint density at radius 2 is 1.88 bits per heavy atom. The van der Waals surface area contributed by atoms with E-state index in [1.807, 2.05) is 0 Å². The Bertz CT molecular complexity index is 373. The first-order valence-electron chi connectivity index (χ1n) is 5.33. The number of rotatable bonds is 5. The Morgan fingerprint density at radius 1 is 1.31 bits per heavy atom. The average molecular weight is 236 g/mol. The first kappa shape index (κ1) is 12.6. The maximum atomic E-state index is 11.6. The summed E-state index contributed by atoms with van der Waals surface area (Å²) in [5.74, 6) is -0.0528. The largest absolute Gasteiger partial charge is 0.389 e. The molecule has 0 aromatic heterocycles. The van der Waals surface area contributed by atoms with Gasteiger partial charge >= 0.3 is 0 Å². The summed E-state index contributed by atoms with van der Waals surface area (Å²) >= 11 is 4.83. The number of unbranched alkanes of at least 4 members (excludes halogenated alkanes) is 1. The van der Waals surface area contributed by atoms with Gasteiger partial charge in [0.2, 0.25) is 0 Å². The minimum atomic E-state index is -0.0528. The summed E-state index contributed by atoms with van der Waals surface area (Å²) in [4.78, 5) is 12.0. The lowest BCUT2D eigenvalue weighted by molar-refractivity contribution is 0.0953. The molecular formula is C12H16N2OS. The van der Waals surface area contributed by atoms with Crippen molar-refractivity contribution in [2.75, 3.05) is 6.54 Å². The van der Waals surface area contributed by atoms with E-state index >= 15 is 0 Å². The summed E-state index contributed by atoms with van der Waals surface area (Å²) in [7, 11) is 0. The number of hydrogen-bond acceptors (Lipinski definition) is 2. The molecule has 0 heterocycles. The van der Waals surface area contributed by atoms with Crippen LogP contribution in [-0.2, 0) is 0 Å². The van der Waals surface area contributed by atoms with Crippen LogP contribution in [0, 0.1) is 0 Å². The summed E-state index contributed by atoms with van der Waals surface area (Å²) in [6.07, 6.45) is 2.07. The van der Waals surface area contributed by atoms with Crippen LogP contribution in [0.25, 0.3) is 0 Å². The van der Waals surface area contributed by atoms with Gasteiger partial charge in [0.1, 0.15) is 4.99 Å². The lowest BCUT2D eigenvalue weighted by atomic mass is 10.1. The van der Waals surface area contributed by atoms with Crippen molar-refractivity contribution in [1.29, 1.82) is 0 Å². The normalized spacial score (nSPS) is 9.81. The second-order valence-electron chi connectivity index (χ2n) is 3.55. The molecule has 0 radical (unpaired) electrons. The number of benzene rings is 1. The zero-order valence-corrected chi connectivity index (χ0v) is 10.1. The Labute approximate surface area is 101 Å². The Morgan fingerprint density at radius 3 is 2.38 bits per heavy atom. The molecule has 1 amide bonds. The van der Waals surface area contributed by atoms with Gasteiger partial charge in [-0.1, -0.05) is 37.7 Å². The Balaban J connectivity index is 2.59. The molecule has 0 fully saturated rings. The van der Waals surface area contributed by atoms with Gasteiger partial charge in [0, 0.05) is 17.7 Å². The molecule has 0 saturated carbocycles. The van der Waals surface area contributed by atoms with Crippen molar-refractivity contribution in [1.82, 2.24) is 5.32 Å². The van der Waals surface area contributed by atoms with Crippen LogP contribution in [0.15, 0.2) is 24.3 Å². The number of carbonyl (C=O) groups is 1. The second kappa shape index (κ2) is 6.23. The summed E-state index contributed by atoms with van der Waals surface area (Å²) in [5.41, 5.74) is 6.88. The van der Waals surface area contributed by atoms with Crippen LogP contribution in [0.1, 0.15) is 35.7 Å². The van der Waals surface area contributed by atoms with Gasteiger partial charge in [-0.25, -0.2) is 0 Å². The van der Waals surface area contributed by atoms with Crippen LogP contribution >= 0.6 is 12.2 Å². The molecule has 16 heavy (non-hydrogen) atoms. The fourth-order valence-corrected chi connectivity index (χ4v) is 1.40. The zero-order valence-electron chi connectivity index (χ0n) is 9.32. The van der Waals surface area contributed by atoms with Crippen molar-refractivity contribution in [2.45, 2.75) is 19.8 Å². The first-order chi connectivity index (χ1) is 7.65. The SMILES string of the molecule is CCCCNC(=O)c1ccc(C(N)=S)cc1. The molecule has 1 aromatic rings. The highest BCUT2D eigenvalue weighted by Gasteiger charge is 2.04. The minimum absolute atomic E-state index is 0.0528. The van der Waals surface area contributed by atoms with Gasteiger partial charge in [0.05, 0.1) is 0 Å². The quantitative estimate of drug-likeness (QED) is 0.606. The van der Waals surface area contributed by atoms with Gasteiger partial charge in [0.25, 0.3) is 5.91 Å². The maximum absolute atomic E-state index is 11.6. The Hall–Kier alpha value is -1.42. The van der Waals surface area contributed by atoms with Gasteiger partial charge < -0.3 is 11.1 Å². The third-order valence-electron chi connectivity index (χ3n) is 2.25. The molecule has 0 bridgehead atoms. The topological polar surface area (TPSA) is 55.1 Å². The number of nitrogens with two attached hydrogens (primary N) is 1. The highest BCUT2D eigenvalue weighted by molar-refractivity contribution is 7.80. The first-order valence-corrected chi connectivity index (χ1v) is 5.74. The predicted octanol–water partition coefficient (Wildman–Crippen LogP) is 1.85. The number of thiocarbonyl (C=S) groups is 1. The third kappa shape index (κ3) is 3.62. The van der Waals surface area contributed by atoms with Crippen molar-refractivity contribution in [3.63, 3.8) is 0 Å². The molecule has 3 N–H and O–H groups in total. The highest BCUT2D eigenvalue weighted by atomic mass is 32.1. The lowest BCUT2D eigenvalue weighted by Crippen LogP contribution is -2.24. The van der Waals surface area contributed by atoms with Gasteiger partial charge in [-0.2, -0.15) is 0 Å². The number of carbonyl (C=O) groups excluding carboxylic acids is 1. The average Bonchev–Trinajstić information content (AvgIpc) is 2.29. The van der Waals surface area contributed by atoms with Crippen LogP contribution in [0.5, 0.6) is 0 Å². The van der Waals surface area contributed by atoms with E-state index in [-0.39, 0.29) is 5.91 Å². The van der Waals surface area contributed by atoms with Crippen molar-refractivity contribution < 1.29 is 4.79 Å². The molecule has 4 heteroatoms. The van der Waals surface area contributed by atoms with Gasteiger partial charge in [-0.15, -0.1) is 0 Å². The van der Waals surface area contributed by atoms with Crippen molar-refractivity contribution in [3.05, 3.63) is 35.4 Å². The third-order valence-corrected chi connectivity index (χ3v) is 2.48. The lowest BCUT2D eigenvalue weighted by Gasteiger charge is -2.04. The molecular weight excluding hydrogens is 220 g/mol. The molecule has 0 spiro atoms. The molecule has 1 rings (SSSR count). The fourth-order valence-electron chi connectivity index (χ4n) is 1.27. The molecule has 86 valence electrons. The van der Waals surface area contributed by atoms with Crippen molar-refractivity contribution in [2.24, 2.45) is 5.73 Å². The van der Waals surface area contributed by atoms with Gasteiger partial charge in [0.15, 0.2) is 0 Å². The van der Waals surface area contributed by atoms with E-state index in [2.05, 4.69) is 12.2 Å². The molecule has 0 saturated heterocycles. The summed E-state index contributed by atoms with van der Waals surface area (Å²) in [6.45, 7) is 2.80. The van der Waals surface area contributed by atoms with Crippen molar-refractivity contribution in [3.8, 4) is 0 Å². The second-order valence-corrected chi connectivity index (χ2v) is 3.99. The molecule has 0 aliphatic heterocycles. The smallest absolute Gasteiger partial charge is 0.251 e. The van der Waals surface area contributed by atoms with E-state index in [0.717, 1.165) is 18.4 Å². The Kier molecular flexibility index (Phi) is 4.92. The summed E-state index contributed by atoms with van der Waals surface area (Å²) < 4.78 is 0. The molecule has 0 unspecified atom stereocenters. The molecule has 1 aromatic carbocycles. The van der Waals surface area contributed by atoms with E-state index < -0.39 is 0 Å². The zero-order chi connectivity index (χ0) is 12.0. The molecule has 0 aliphatic rings. The van der Waals surface area contributed by atoms with E-state index in [1.165, 1.54) is 0 Å². The highest BCUT2D eigenvalue weighted by Crippen LogP contribution is 2.04. The fraction of sp³-hybridized carbons (Fsp3) is 0.333. The maximum Gasteiger partial charge on any atom is 0.251 e.